The Hall–Kier alpha value is -2.04. The zero-order valence-corrected chi connectivity index (χ0v) is 13.4. The van der Waals surface area contributed by atoms with Crippen molar-refractivity contribution in [3.63, 3.8) is 0 Å². The topological polar surface area (TPSA) is 49.9 Å². The fraction of sp³-hybridized carbons (Fsp3) is 0.529. The predicted octanol–water partition coefficient (Wildman–Crippen LogP) is 2.48. The van der Waals surface area contributed by atoms with Crippen LogP contribution < -0.4 is 4.74 Å². The first kappa shape index (κ1) is 14.9. The number of carbonyl (C=O) groups is 2. The van der Waals surface area contributed by atoms with Crippen LogP contribution in [0.15, 0.2) is 18.2 Å². The number of rotatable bonds is 0. The summed E-state index contributed by atoms with van der Waals surface area (Å²) >= 11 is 0. The van der Waals surface area contributed by atoms with Crippen molar-refractivity contribution >= 4 is 11.8 Å². The maximum Gasteiger partial charge on any atom is 0.319 e. The normalized spacial score (nSPS) is 19.6. The second-order valence-corrected chi connectivity index (χ2v) is 6.55. The minimum absolute atomic E-state index is 0.0213. The van der Waals surface area contributed by atoms with Gasteiger partial charge in [0, 0.05) is 40.0 Å². The lowest BCUT2D eigenvalue weighted by atomic mass is 9.82. The summed E-state index contributed by atoms with van der Waals surface area (Å²) in [6, 6.07) is 5.78. The van der Waals surface area contributed by atoms with Crippen molar-refractivity contribution in [1.29, 1.82) is 0 Å². The lowest BCUT2D eigenvalue weighted by Crippen LogP contribution is -2.53. The second-order valence-electron chi connectivity index (χ2n) is 6.55. The molecule has 2 heterocycles. The fourth-order valence-electron chi connectivity index (χ4n) is 3.28. The second kappa shape index (κ2) is 5.30. The molecule has 5 heteroatoms. The van der Waals surface area contributed by atoms with E-state index in [1.165, 1.54) is 0 Å². The minimum atomic E-state index is -0.442. The molecule has 0 aromatic heterocycles. The van der Waals surface area contributed by atoms with Gasteiger partial charge in [0.2, 0.25) is 0 Å². The number of benzene rings is 1. The molecule has 2 aliphatic heterocycles. The first-order chi connectivity index (χ1) is 10.4. The van der Waals surface area contributed by atoms with Gasteiger partial charge < -0.3 is 14.5 Å². The van der Waals surface area contributed by atoms with Crippen molar-refractivity contribution in [2.24, 2.45) is 0 Å². The Morgan fingerprint density at radius 2 is 1.95 bits per heavy atom. The number of ketones is 1. The summed E-state index contributed by atoms with van der Waals surface area (Å²) in [5.74, 6) is 0.839. The summed E-state index contributed by atoms with van der Waals surface area (Å²) in [4.78, 5) is 27.9. The maximum atomic E-state index is 12.5. The molecule has 1 aromatic rings. The molecule has 22 heavy (non-hydrogen) atoms. The summed E-state index contributed by atoms with van der Waals surface area (Å²) < 4.78 is 6.20. The van der Waals surface area contributed by atoms with Crippen molar-refractivity contribution in [2.45, 2.75) is 31.8 Å². The molecule has 1 saturated heterocycles. The van der Waals surface area contributed by atoms with E-state index in [9.17, 15) is 9.59 Å². The highest BCUT2D eigenvalue weighted by Gasteiger charge is 2.43. The highest BCUT2D eigenvalue weighted by Crippen LogP contribution is 2.39. The number of carbonyl (C=O) groups excluding carboxylic acids is 2. The Bertz CT molecular complexity index is 616. The number of amides is 2. The predicted molar refractivity (Wildman–Crippen MR) is 83.4 cm³/mol. The van der Waals surface area contributed by atoms with E-state index in [1.54, 1.807) is 19.0 Å². The smallest absolute Gasteiger partial charge is 0.319 e. The quantitative estimate of drug-likeness (QED) is 0.740. The summed E-state index contributed by atoms with van der Waals surface area (Å²) in [6.45, 7) is 3.24. The lowest BCUT2D eigenvalue weighted by Gasteiger charge is -2.44. The molecule has 1 aromatic carbocycles. The van der Waals surface area contributed by atoms with Gasteiger partial charge in [0.1, 0.15) is 11.4 Å². The van der Waals surface area contributed by atoms with Gasteiger partial charge in [0.25, 0.3) is 0 Å². The molecule has 0 N–H and O–H groups in total. The molecule has 3 rings (SSSR count). The molecular weight excluding hydrogens is 280 g/mol. The molecule has 0 saturated carbocycles. The molecule has 5 nitrogen and oxygen atoms in total. The van der Waals surface area contributed by atoms with Gasteiger partial charge in [-0.1, -0.05) is 11.6 Å². The largest absolute Gasteiger partial charge is 0.486 e. The van der Waals surface area contributed by atoms with Crippen LogP contribution in [0.3, 0.4) is 0 Å². The standard InChI is InChI=1S/C17H22N2O3/c1-12-4-5-15-13(10-12)14(20)11-17(22-15)6-8-19(9-7-17)16(21)18(2)3/h4-5,10H,6-9,11H2,1-3H3. The summed E-state index contributed by atoms with van der Waals surface area (Å²) in [7, 11) is 3.51. The molecule has 0 bridgehead atoms. The third-order valence-corrected chi connectivity index (χ3v) is 4.57. The summed E-state index contributed by atoms with van der Waals surface area (Å²) in [6.07, 6.45) is 1.81. The molecule has 0 unspecified atom stereocenters. The van der Waals surface area contributed by atoms with Crippen LogP contribution in [0.5, 0.6) is 5.75 Å². The Kier molecular flexibility index (Phi) is 3.59. The van der Waals surface area contributed by atoms with Gasteiger partial charge in [0.05, 0.1) is 12.0 Å². The van der Waals surface area contributed by atoms with Crippen LogP contribution in [0.4, 0.5) is 4.79 Å². The molecule has 0 radical (unpaired) electrons. The van der Waals surface area contributed by atoms with Crippen molar-refractivity contribution < 1.29 is 14.3 Å². The van der Waals surface area contributed by atoms with Crippen LogP contribution in [-0.4, -0.2) is 54.4 Å². The number of hydrogen-bond donors (Lipinski definition) is 0. The van der Waals surface area contributed by atoms with Gasteiger partial charge >= 0.3 is 6.03 Å². The van der Waals surface area contributed by atoms with Gasteiger partial charge in [-0.2, -0.15) is 0 Å². The van der Waals surface area contributed by atoms with E-state index in [0.29, 0.717) is 43.7 Å². The van der Waals surface area contributed by atoms with E-state index in [2.05, 4.69) is 0 Å². The van der Waals surface area contributed by atoms with Crippen LogP contribution in [0.25, 0.3) is 0 Å². The number of aryl methyl sites for hydroxylation is 1. The average molecular weight is 302 g/mol. The Balaban J connectivity index is 1.76. The number of fused-ring (bicyclic) bond motifs is 1. The van der Waals surface area contributed by atoms with E-state index >= 15 is 0 Å². The average Bonchev–Trinajstić information content (AvgIpc) is 2.48. The molecule has 0 aliphatic carbocycles. The van der Waals surface area contributed by atoms with Crippen LogP contribution in [-0.2, 0) is 0 Å². The molecule has 1 spiro atoms. The number of likely N-dealkylation sites (tertiary alicyclic amines) is 1. The number of ether oxygens (including phenoxy) is 1. The van der Waals surface area contributed by atoms with Crippen LogP contribution in [0.2, 0.25) is 0 Å². The lowest BCUT2D eigenvalue weighted by molar-refractivity contribution is -0.00272. The van der Waals surface area contributed by atoms with Gasteiger partial charge in [0.15, 0.2) is 5.78 Å². The van der Waals surface area contributed by atoms with Crippen LogP contribution in [0, 0.1) is 6.92 Å². The van der Waals surface area contributed by atoms with E-state index < -0.39 is 5.60 Å². The van der Waals surface area contributed by atoms with Gasteiger partial charge in [-0.15, -0.1) is 0 Å². The van der Waals surface area contributed by atoms with Crippen molar-refractivity contribution in [1.82, 2.24) is 9.80 Å². The van der Waals surface area contributed by atoms with Crippen molar-refractivity contribution in [2.75, 3.05) is 27.2 Å². The number of Topliss-reactive ketones (excluding diaryl/α,β-unsaturated/α-hetero) is 1. The van der Waals surface area contributed by atoms with E-state index in [1.807, 2.05) is 30.0 Å². The molecular formula is C17H22N2O3. The van der Waals surface area contributed by atoms with Gasteiger partial charge in [-0.3, -0.25) is 4.79 Å². The zero-order valence-electron chi connectivity index (χ0n) is 13.4. The number of urea groups is 1. The number of piperidine rings is 1. The van der Waals surface area contributed by atoms with E-state index in [4.69, 9.17) is 4.74 Å². The summed E-state index contributed by atoms with van der Waals surface area (Å²) in [5.41, 5.74) is 1.32. The van der Waals surface area contributed by atoms with E-state index in [-0.39, 0.29) is 11.8 Å². The zero-order chi connectivity index (χ0) is 15.9. The van der Waals surface area contributed by atoms with Crippen molar-refractivity contribution in [3.8, 4) is 5.75 Å². The first-order valence-electron chi connectivity index (χ1n) is 7.69. The SMILES string of the molecule is Cc1ccc2c(c1)C(=O)CC1(CCN(C(=O)N(C)C)CC1)O2. The Labute approximate surface area is 130 Å². The molecule has 1 fully saturated rings. The summed E-state index contributed by atoms with van der Waals surface area (Å²) in [5, 5.41) is 0. The maximum absolute atomic E-state index is 12.5. The Morgan fingerprint density at radius 3 is 2.59 bits per heavy atom. The molecule has 0 atom stereocenters. The highest BCUT2D eigenvalue weighted by atomic mass is 16.5. The highest BCUT2D eigenvalue weighted by molar-refractivity contribution is 6.00. The Morgan fingerprint density at radius 1 is 1.27 bits per heavy atom. The van der Waals surface area contributed by atoms with Crippen LogP contribution >= 0.6 is 0 Å². The van der Waals surface area contributed by atoms with Gasteiger partial charge in [-0.25, -0.2) is 4.79 Å². The minimum Gasteiger partial charge on any atom is -0.486 e. The fourth-order valence-corrected chi connectivity index (χ4v) is 3.28. The van der Waals surface area contributed by atoms with Crippen LogP contribution in [0.1, 0.15) is 35.2 Å². The molecule has 118 valence electrons. The molecule has 2 aliphatic rings. The van der Waals surface area contributed by atoms with Gasteiger partial charge in [-0.05, 0) is 19.1 Å². The first-order valence-corrected chi connectivity index (χ1v) is 7.69. The monoisotopic (exact) mass is 302 g/mol. The number of nitrogens with zero attached hydrogens (tertiary/aromatic N) is 2. The van der Waals surface area contributed by atoms with Crippen molar-refractivity contribution in [3.05, 3.63) is 29.3 Å². The number of hydrogen-bond acceptors (Lipinski definition) is 3. The third-order valence-electron chi connectivity index (χ3n) is 4.57. The van der Waals surface area contributed by atoms with E-state index in [0.717, 1.165) is 5.56 Å². The third kappa shape index (κ3) is 2.56. The molecule has 2 amide bonds.